The minimum atomic E-state index is -3.47. The number of nitrogens with one attached hydrogen (secondary N) is 1. The number of sulfone groups is 1. The molecule has 0 bridgehead atoms. The SMILES string of the molecule is COc1cc(C(=O)/C=C/c2cn[nH]c2-c2ccc(F)cc2)ccc1S(C)(=O)=O. The van der Waals surface area contributed by atoms with Crippen LogP contribution in [-0.4, -0.2) is 37.8 Å². The van der Waals surface area contributed by atoms with Crippen molar-refractivity contribution in [2.24, 2.45) is 0 Å². The molecule has 0 radical (unpaired) electrons. The van der Waals surface area contributed by atoms with E-state index in [2.05, 4.69) is 10.2 Å². The van der Waals surface area contributed by atoms with Crippen LogP contribution in [0.25, 0.3) is 17.3 Å². The van der Waals surface area contributed by atoms with Gasteiger partial charge in [0.05, 0.1) is 19.0 Å². The van der Waals surface area contributed by atoms with Crippen molar-refractivity contribution in [3.8, 4) is 17.0 Å². The first-order chi connectivity index (χ1) is 13.3. The minimum absolute atomic E-state index is 0.0176. The fourth-order valence-corrected chi connectivity index (χ4v) is 3.48. The third-order valence-electron chi connectivity index (χ3n) is 4.06. The van der Waals surface area contributed by atoms with E-state index in [9.17, 15) is 17.6 Å². The van der Waals surface area contributed by atoms with Gasteiger partial charge >= 0.3 is 0 Å². The third-order valence-corrected chi connectivity index (χ3v) is 5.20. The lowest BCUT2D eigenvalue weighted by atomic mass is 10.1. The number of hydrogen-bond donors (Lipinski definition) is 1. The fraction of sp³-hybridized carbons (Fsp3) is 0.100. The Morgan fingerprint density at radius 2 is 1.89 bits per heavy atom. The van der Waals surface area contributed by atoms with Gasteiger partial charge in [0.1, 0.15) is 16.5 Å². The van der Waals surface area contributed by atoms with Gasteiger partial charge in [-0.25, -0.2) is 12.8 Å². The Hall–Kier alpha value is -3.26. The molecule has 0 aliphatic carbocycles. The van der Waals surface area contributed by atoms with Crippen LogP contribution in [0.15, 0.2) is 59.6 Å². The number of hydrogen-bond acceptors (Lipinski definition) is 5. The van der Waals surface area contributed by atoms with Gasteiger partial charge in [0, 0.05) is 22.9 Å². The summed E-state index contributed by atoms with van der Waals surface area (Å²) in [4.78, 5) is 12.5. The number of rotatable bonds is 6. The van der Waals surface area contributed by atoms with E-state index < -0.39 is 9.84 Å². The third kappa shape index (κ3) is 4.17. The van der Waals surface area contributed by atoms with Crippen molar-refractivity contribution in [3.05, 3.63) is 71.7 Å². The summed E-state index contributed by atoms with van der Waals surface area (Å²) in [6, 6.07) is 10.1. The van der Waals surface area contributed by atoms with E-state index in [1.165, 1.54) is 43.5 Å². The molecule has 2 aromatic carbocycles. The van der Waals surface area contributed by atoms with Crippen molar-refractivity contribution < 1.29 is 22.3 Å². The van der Waals surface area contributed by atoms with Crippen LogP contribution in [-0.2, 0) is 9.84 Å². The predicted molar refractivity (Wildman–Crippen MR) is 103 cm³/mol. The molecule has 28 heavy (non-hydrogen) atoms. The van der Waals surface area contributed by atoms with Gasteiger partial charge in [-0.2, -0.15) is 5.10 Å². The molecule has 0 atom stereocenters. The first kappa shape index (κ1) is 19.5. The number of aromatic nitrogens is 2. The molecule has 1 heterocycles. The number of allylic oxidation sites excluding steroid dienone is 1. The number of H-pyrrole nitrogens is 1. The highest BCUT2D eigenvalue weighted by molar-refractivity contribution is 7.90. The van der Waals surface area contributed by atoms with Crippen LogP contribution in [0.2, 0.25) is 0 Å². The molecule has 8 heteroatoms. The first-order valence-corrected chi connectivity index (χ1v) is 10.1. The van der Waals surface area contributed by atoms with Crippen LogP contribution in [0.4, 0.5) is 4.39 Å². The summed E-state index contributed by atoms with van der Waals surface area (Å²) in [5, 5.41) is 6.80. The topological polar surface area (TPSA) is 89.1 Å². The summed E-state index contributed by atoms with van der Waals surface area (Å²) in [5.41, 5.74) is 2.31. The van der Waals surface area contributed by atoms with E-state index in [4.69, 9.17) is 4.74 Å². The Bertz CT molecular complexity index is 1150. The Kier molecular flexibility index (Phi) is 5.41. The lowest BCUT2D eigenvalue weighted by Gasteiger charge is -2.08. The largest absolute Gasteiger partial charge is 0.495 e. The molecule has 0 spiro atoms. The monoisotopic (exact) mass is 400 g/mol. The van der Waals surface area contributed by atoms with Crippen molar-refractivity contribution >= 4 is 21.7 Å². The number of ether oxygens (including phenoxy) is 1. The zero-order chi connectivity index (χ0) is 20.3. The maximum atomic E-state index is 13.1. The molecule has 6 nitrogen and oxygen atoms in total. The van der Waals surface area contributed by atoms with Gasteiger partial charge in [-0.3, -0.25) is 9.89 Å². The summed E-state index contributed by atoms with van der Waals surface area (Å²) in [6.45, 7) is 0. The highest BCUT2D eigenvalue weighted by Gasteiger charge is 2.16. The van der Waals surface area contributed by atoms with Crippen molar-refractivity contribution in [1.82, 2.24) is 10.2 Å². The van der Waals surface area contributed by atoms with E-state index in [-0.39, 0.29) is 27.8 Å². The molecule has 3 aromatic rings. The van der Waals surface area contributed by atoms with E-state index in [1.54, 1.807) is 24.4 Å². The van der Waals surface area contributed by atoms with Gasteiger partial charge in [-0.05, 0) is 54.6 Å². The quantitative estimate of drug-likeness (QED) is 0.505. The van der Waals surface area contributed by atoms with Gasteiger partial charge in [-0.1, -0.05) is 0 Å². The molecule has 1 N–H and O–H groups in total. The summed E-state index contributed by atoms with van der Waals surface area (Å²) < 4.78 is 41.7. The number of benzene rings is 2. The van der Waals surface area contributed by atoms with E-state index in [0.717, 1.165) is 11.8 Å². The fourth-order valence-electron chi connectivity index (χ4n) is 2.66. The molecular formula is C20H17FN2O4S. The molecule has 0 aliphatic heterocycles. The standard InChI is InChI=1S/C20H17FN2O4S/c1-27-18-11-14(6-10-19(18)28(2,25)26)17(24)9-5-15-12-22-23-20(15)13-3-7-16(21)8-4-13/h3-12H,1-2H3,(H,22,23)/b9-5+. The van der Waals surface area contributed by atoms with E-state index in [1.807, 2.05) is 0 Å². The number of aromatic amines is 1. The lowest BCUT2D eigenvalue weighted by molar-refractivity contribution is 0.104. The number of ketones is 1. The van der Waals surface area contributed by atoms with Gasteiger partial charge in [0.2, 0.25) is 0 Å². The maximum absolute atomic E-state index is 13.1. The maximum Gasteiger partial charge on any atom is 0.185 e. The summed E-state index contributed by atoms with van der Waals surface area (Å²) in [6.07, 6.45) is 5.56. The minimum Gasteiger partial charge on any atom is -0.495 e. The molecule has 3 rings (SSSR count). The normalized spacial score (nSPS) is 11.7. The van der Waals surface area contributed by atoms with Crippen LogP contribution in [0.1, 0.15) is 15.9 Å². The van der Waals surface area contributed by atoms with Gasteiger partial charge in [-0.15, -0.1) is 0 Å². The molecule has 0 aliphatic rings. The van der Waals surface area contributed by atoms with Gasteiger partial charge in [0.25, 0.3) is 0 Å². The van der Waals surface area contributed by atoms with E-state index in [0.29, 0.717) is 11.3 Å². The molecule has 0 amide bonds. The van der Waals surface area contributed by atoms with Gasteiger partial charge < -0.3 is 4.74 Å². The number of methoxy groups -OCH3 is 1. The number of nitrogens with zero attached hydrogens (tertiary/aromatic N) is 1. The summed E-state index contributed by atoms with van der Waals surface area (Å²) in [5.74, 6) is -0.566. The second-order valence-electron chi connectivity index (χ2n) is 6.04. The smallest absolute Gasteiger partial charge is 0.185 e. The Morgan fingerprint density at radius 3 is 2.54 bits per heavy atom. The van der Waals surface area contributed by atoms with Crippen molar-refractivity contribution in [3.63, 3.8) is 0 Å². The Morgan fingerprint density at radius 1 is 1.18 bits per heavy atom. The average Bonchev–Trinajstić information content (AvgIpc) is 3.14. The lowest BCUT2D eigenvalue weighted by Crippen LogP contribution is -2.03. The highest BCUT2D eigenvalue weighted by atomic mass is 32.2. The Balaban J connectivity index is 1.87. The van der Waals surface area contributed by atoms with Crippen LogP contribution in [0.3, 0.4) is 0 Å². The zero-order valence-corrected chi connectivity index (χ0v) is 16.0. The summed E-state index contributed by atoms with van der Waals surface area (Å²) >= 11 is 0. The molecule has 0 saturated heterocycles. The van der Waals surface area contributed by atoms with Crippen molar-refractivity contribution in [2.75, 3.05) is 13.4 Å². The second kappa shape index (κ2) is 7.77. The number of halogens is 1. The van der Waals surface area contributed by atoms with Crippen LogP contribution in [0, 0.1) is 5.82 Å². The van der Waals surface area contributed by atoms with Crippen LogP contribution >= 0.6 is 0 Å². The van der Waals surface area contributed by atoms with Crippen LogP contribution < -0.4 is 4.74 Å². The van der Waals surface area contributed by atoms with E-state index >= 15 is 0 Å². The molecule has 1 aromatic heterocycles. The van der Waals surface area contributed by atoms with Gasteiger partial charge in [0.15, 0.2) is 15.6 Å². The number of carbonyl (C=O) groups is 1. The molecule has 0 unspecified atom stereocenters. The molecular weight excluding hydrogens is 383 g/mol. The molecule has 0 fully saturated rings. The summed E-state index contributed by atoms with van der Waals surface area (Å²) in [7, 11) is -2.13. The first-order valence-electron chi connectivity index (χ1n) is 8.19. The molecule has 0 saturated carbocycles. The highest BCUT2D eigenvalue weighted by Crippen LogP contribution is 2.26. The van der Waals surface area contributed by atoms with Crippen molar-refractivity contribution in [1.29, 1.82) is 0 Å². The predicted octanol–water partition coefficient (Wildman–Crippen LogP) is 3.52. The Labute approximate surface area is 161 Å². The van der Waals surface area contributed by atoms with Crippen LogP contribution in [0.5, 0.6) is 5.75 Å². The average molecular weight is 400 g/mol. The number of carbonyl (C=O) groups excluding carboxylic acids is 1. The zero-order valence-electron chi connectivity index (χ0n) is 15.1. The van der Waals surface area contributed by atoms with Crippen molar-refractivity contribution in [2.45, 2.75) is 4.90 Å². The molecule has 144 valence electrons. The second-order valence-corrected chi connectivity index (χ2v) is 8.03.